The Morgan fingerprint density at radius 3 is 2.37 bits per heavy atom. The van der Waals surface area contributed by atoms with Gasteiger partial charge in [-0.25, -0.2) is 0 Å². The Morgan fingerprint density at radius 1 is 1.00 bits per heavy atom. The summed E-state index contributed by atoms with van der Waals surface area (Å²) in [5.74, 6) is 1.73. The molecule has 30 heavy (non-hydrogen) atoms. The number of hydrogen-bond acceptors (Lipinski definition) is 3. The third kappa shape index (κ3) is 4.69. The number of aromatic nitrogens is 2. The van der Waals surface area contributed by atoms with E-state index >= 15 is 0 Å². The Kier molecular flexibility index (Phi) is 6.73. The molecule has 4 heteroatoms. The fourth-order valence-electron chi connectivity index (χ4n) is 4.52. The van der Waals surface area contributed by atoms with Gasteiger partial charge in [0.15, 0.2) is 0 Å². The summed E-state index contributed by atoms with van der Waals surface area (Å²) in [6.45, 7) is 4.47. The monoisotopic (exact) mass is 403 g/mol. The van der Waals surface area contributed by atoms with E-state index in [0.717, 1.165) is 30.8 Å². The number of benzene rings is 2. The molecule has 1 heterocycles. The van der Waals surface area contributed by atoms with Crippen molar-refractivity contribution in [1.29, 1.82) is 0 Å². The van der Waals surface area contributed by atoms with Gasteiger partial charge in [-0.2, -0.15) is 5.10 Å². The first-order chi connectivity index (χ1) is 14.8. The Hall–Kier alpha value is -2.75. The molecule has 1 aliphatic rings. The van der Waals surface area contributed by atoms with Gasteiger partial charge in [-0.1, -0.05) is 63.4 Å². The maximum absolute atomic E-state index is 5.95. The van der Waals surface area contributed by atoms with E-state index in [1.807, 2.05) is 36.5 Å². The second kappa shape index (κ2) is 9.84. The van der Waals surface area contributed by atoms with E-state index in [0.29, 0.717) is 6.04 Å². The largest absolute Gasteiger partial charge is 0.457 e. The van der Waals surface area contributed by atoms with Gasteiger partial charge in [-0.05, 0) is 55.5 Å². The third-order valence-corrected chi connectivity index (χ3v) is 6.07. The molecular formula is C26H33N3O. The number of para-hydroxylation sites is 1. The summed E-state index contributed by atoms with van der Waals surface area (Å²) in [5, 5.41) is 8.58. The second-order valence-electron chi connectivity index (χ2n) is 8.21. The van der Waals surface area contributed by atoms with Crippen LogP contribution < -0.4 is 10.1 Å². The molecule has 0 saturated heterocycles. The lowest BCUT2D eigenvalue weighted by molar-refractivity contribution is 0.451. The molecule has 1 aliphatic carbocycles. The molecule has 4 rings (SSSR count). The Labute approximate surface area is 180 Å². The van der Waals surface area contributed by atoms with Crippen molar-refractivity contribution in [1.82, 2.24) is 9.78 Å². The van der Waals surface area contributed by atoms with E-state index in [-0.39, 0.29) is 6.04 Å². The van der Waals surface area contributed by atoms with E-state index in [4.69, 9.17) is 9.84 Å². The first kappa shape index (κ1) is 20.5. The van der Waals surface area contributed by atoms with Crippen molar-refractivity contribution in [3.8, 4) is 11.5 Å². The highest BCUT2D eigenvalue weighted by Gasteiger charge is 2.22. The van der Waals surface area contributed by atoms with Gasteiger partial charge in [-0.15, -0.1) is 0 Å². The number of hydrogen-bond donors (Lipinski definition) is 1. The van der Waals surface area contributed by atoms with Gasteiger partial charge in [0, 0.05) is 0 Å². The van der Waals surface area contributed by atoms with Crippen LogP contribution in [0.2, 0.25) is 0 Å². The van der Waals surface area contributed by atoms with Crippen LogP contribution in [0.15, 0.2) is 60.8 Å². The molecule has 1 aromatic heterocycles. The minimum Gasteiger partial charge on any atom is -0.457 e. The summed E-state index contributed by atoms with van der Waals surface area (Å²) in [6, 6.07) is 19.3. The molecule has 2 aromatic carbocycles. The molecule has 0 radical (unpaired) electrons. The topological polar surface area (TPSA) is 39.1 Å². The van der Waals surface area contributed by atoms with E-state index in [1.54, 1.807) is 0 Å². The molecule has 158 valence electrons. The standard InChI is InChI=1S/C26H33N3O/c1-3-10-24(20-15-17-23(18-16-20)30-22-13-6-5-7-14-22)28-25-19-27-29(26(25)4-2)21-11-8-9-12-21/h5-7,13-19,21,24,28H,3-4,8-12H2,1-2H3. The maximum atomic E-state index is 5.95. The fourth-order valence-corrected chi connectivity index (χ4v) is 4.52. The van der Waals surface area contributed by atoms with Crippen molar-refractivity contribution in [2.75, 3.05) is 5.32 Å². The van der Waals surface area contributed by atoms with Gasteiger partial charge < -0.3 is 10.1 Å². The van der Waals surface area contributed by atoms with Crippen LogP contribution in [0.1, 0.15) is 75.7 Å². The van der Waals surface area contributed by atoms with Gasteiger partial charge in [0.1, 0.15) is 11.5 Å². The summed E-state index contributed by atoms with van der Waals surface area (Å²) in [6.07, 6.45) is 10.4. The van der Waals surface area contributed by atoms with E-state index in [9.17, 15) is 0 Å². The Morgan fingerprint density at radius 2 is 1.70 bits per heavy atom. The lowest BCUT2D eigenvalue weighted by Crippen LogP contribution is -2.14. The first-order valence-corrected chi connectivity index (χ1v) is 11.4. The van der Waals surface area contributed by atoms with Gasteiger partial charge in [0.2, 0.25) is 0 Å². The first-order valence-electron chi connectivity index (χ1n) is 11.4. The van der Waals surface area contributed by atoms with E-state index in [1.165, 1.54) is 42.6 Å². The number of nitrogens with one attached hydrogen (secondary N) is 1. The zero-order valence-corrected chi connectivity index (χ0v) is 18.2. The predicted molar refractivity (Wildman–Crippen MR) is 123 cm³/mol. The van der Waals surface area contributed by atoms with Crippen LogP contribution in [0.5, 0.6) is 11.5 Å². The van der Waals surface area contributed by atoms with E-state index < -0.39 is 0 Å². The number of rotatable bonds is 9. The average Bonchev–Trinajstić information content (AvgIpc) is 3.44. The van der Waals surface area contributed by atoms with Crippen LogP contribution in [0, 0.1) is 0 Å². The fraction of sp³-hybridized carbons (Fsp3) is 0.423. The number of ether oxygens (including phenoxy) is 1. The lowest BCUT2D eigenvalue weighted by Gasteiger charge is -2.21. The minimum atomic E-state index is 0.271. The normalized spacial score (nSPS) is 15.3. The molecular weight excluding hydrogens is 370 g/mol. The Balaban J connectivity index is 1.50. The number of anilines is 1. The third-order valence-electron chi connectivity index (χ3n) is 6.07. The van der Waals surface area contributed by atoms with E-state index in [2.05, 4.69) is 48.1 Å². The van der Waals surface area contributed by atoms with Crippen molar-refractivity contribution in [2.45, 2.75) is 70.9 Å². The van der Waals surface area contributed by atoms with Crippen LogP contribution in [0.25, 0.3) is 0 Å². The highest BCUT2D eigenvalue weighted by molar-refractivity contribution is 5.49. The smallest absolute Gasteiger partial charge is 0.127 e. The summed E-state index contributed by atoms with van der Waals surface area (Å²) < 4.78 is 8.24. The summed E-state index contributed by atoms with van der Waals surface area (Å²) in [7, 11) is 0. The molecule has 4 nitrogen and oxygen atoms in total. The van der Waals surface area contributed by atoms with Crippen molar-refractivity contribution < 1.29 is 4.74 Å². The van der Waals surface area contributed by atoms with Gasteiger partial charge in [0.25, 0.3) is 0 Å². The highest BCUT2D eigenvalue weighted by atomic mass is 16.5. The average molecular weight is 404 g/mol. The lowest BCUT2D eigenvalue weighted by atomic mass is 10.0. The van der Waals surface area contributed by atoms with Crippen LogP contribution in [-0.4, -0.2) is 9.78 Å². The van der Waals surface area contributed by atoms with Gasteiger partial charge >= 0.3 is 0 Å². The number of nitrogens with zero attached hydrogens (tertiary/aromatic N) is 2. The Bertz CT molecular complexity index is 911. The zero-order chi connectivity index (χ0) is 20.8. The quantitative estimate of drug-likeness (QED) is 0.407. The summed E-state index contributed by atoms with van der Waals surface area (Å²) >= 11 is 0. The highest BCUT2D eigenvalue weighted by Crippen LogP contribution is 2.34. The zero-order valence-electron chi connectivity index (χ0n) is 18.2. The van der Waals surface area contributed by atoms with Crippen LogP contribution in [-0.2, 0) is 6.42 Å². The molecule has 1 N–H and O–H groups in total. The molecule has 1 saturated carbocycles. The van der Waals surface area contributed by atoms with Gasteiger partial charge in [0.05, 0.1) is 29.7 Å². The predicted octanol–water partition coefficient (Wildman–Crippen LogP) is 7.31. The summed E-state index contributed by atoms with van der Waals surface area (Å²) in [5.41, 5.74) is 3.81. The van der Waals surface area contributed by atoms with Gasteiger partial charge in [-0.3, -0.25) is 4.68 Å². The molecule has 1 unspecified atom stereocenters. The summed E-state index contributed by atoms with van der Waals surface area (Å²) in [4.78, 5) is 0. The molecule has 0 bridgehead atoms. The molecule has 0 aliphatic heterocycles. The van der Waals surface area contributed by atoms with Crippen LogP contribution in [0.4, 0.5) is 5.69 Å². The van der Waals surface area contributed by atoms with Crippen LogP contribution >= 0.6 is 0 Å². The molecule has 0 amide bonds. The van der Waals surface area contributed by atoms with Crippen molar-refractivity contribution in [3.63, 3.8) is 0 Å². The van der Waals surface area contributed by atoms with Crippen molar-refractivity contribution >= 4 is 5.69 Å². The maximum Gasteiger partial charge on any atom is 0.127 e. The van der Waals surface area contributed by atoms with Crippen molar-refractivity contribution in [2.24, 2.45) is 0 Å². The molecule has 1 fully saturated rings. The second-order valence-corrected chi connectivity index (χ2v) is 8.21. The molecule has 1 atom stereocenters. The SMILES string of the molecule is CCCC(Nc1cnn(C2CCCC2)c1CC)c1ccc(Oc2ccccc2)cc1. The molecule has 3 aromatic rings. The van der Waals surface area contributed by atoms with Crippen LogP contribution in [0.3, 0.4) is 0 Å². The minimum absolute atomic E-state index is 0.271. The molecule has 0 spiro atoms. The van der Waals surface area contributed by atoms with Crippen molar-refractivity contribution in [3.05, 3.63) is 72.1 Å².